The van der Waals surface area contributed by atoms with Crippen molar-refractivity contribution in [2.75, 3.05) is 13.2 Å². The lowest BCUT2D eigenvalue weighted by Gasteiger charge is -2.35. The van der Waals surface area contributed by atoms with E-state index in [1.807, 2.05) is 0 Å². The molecule has 3 N–H and O–H groups in total. The number of halogens is 1. The quantitative estimate of drug-likeness (QED) is 0.424. The van der Waals surface area contributed by atoms with Crippen LogP contribution in [0.2, 0.25) is 5.02 Å². The third-order valence-corrected chi connectivity index (χ3v) is 6.96. The van der Waals surface area contributed by atoms with Crippen LogP contribution in [0.25, 0.3) is 0 Å². The van der Waals surface area contributed by atoms with Gasteiger partial charge in [0, 0.05) is 23.7 Å². The fraction of sp³-hybridized carbons (Fsp3) is 0.630. The molecule has 10 nitrogen and oxygen atoms in total. The highest BCUT2D eigenvalue weighted by molar-refractivity contribution is 6.30. The van der Waals surface area contributed by atoms with Crippen LogP contribution in [0.3, 0.4) is 0 Å². The first-order chi connectivity index (χ1) is 17.9. The standard InChI is InChI=1S/C27H38ClN3O7/c1-27(2,3)38-26(36)30-23(17-8-5-4-6-9-17)25(35)31-13-7-10-20(31)24(34)29-15-18-14-19(28)11-12-21(18)37-16-22(32)33/h11-12,14,17,20,23H,4-10,13,15-16H2,1-3H3,(H,29,34)(H,30,36)(H,32,33)/t20-,23?/m0/s1. The highest BCUT2D eigenvalue weighted by Crippen LogP contribution is 2.30. The summed E-state index contributed by atoms with van der Waals surface area (Å²) < 4.78 is 10.7. The van der Waals surface area contributed by atoms with E-state index in [0.717, 1.165) is 32.1 Å². The maximum Gasteiger partial charge on any atom is 0.408 e. The Hall–Kier alpha value is -3.01. The van der Waals surface area contributed by atoms with Gasteiger partial charge < -0.3 is 30.1 Å². The lowest BCUT2D eigenvalue weighted by atomic mass is 9.83. The van der Waals surface area contributed by atoms with Crippen molar-refractivity contribution in [1.29, 1.82) is 0 Å². The van der Waals surface area contributed by atoms with Crippen molar-refractivity contribution in [3.63, 3.8) is 0 Å². The van der Waals surface area contributed by atoms with Crippen molar-refractivity contribution in [2.45, 2.75) is 89.9 Å². The van der Waals surface area contributed by atoms with Crippen LogP contribution in [-0.4, -0.2) is 64.7 Å². The number of hydrogen-bond donors (Lipinski definition) is 3. The van der Waals surface area contributed by atoms with Gasteiger partial charge in [0.05, 0.1) is 0 Å². The number of benzene rings is 1. The molecule has 1 saturated heterocycles. The number of alkyl carbamates (subject to hydrolysis) is 1. The van der Waals surface area contributed by atoms with E-state index in [4.69, 9.17) is 26.2 Å². The normalized spacial score (nSPS) is 18.9. The van der Waals surface area contributed by atoms with E-state index in [-0.39, 0.29) is 24.3 Å². The number of ether oxygens (including phenoxy) is 2. The van der Waals surface area contributed by atoms with E-state index in [9.17, 15) is 19.2 Å². The van der Waals surface area contributed by atoms with Crippen molar-refractivity contribution in [1.82, 2.24) is 15.5 Å². The number of carboxylic acids is 1. The van der Waals surface area contributed by atoms with E-state index in [2.05, 4.69) is 10.6 Å². The molecule has 1 aromatic carbocycles. The molecule has 0 radical (unpaired) electrons. The van der Waals surface area contributed by atoms with Crippen LogP contribution in [0.1, 0.15) is 71.3 Å². The second-order valence-corrected chi connectivity index (χ2v) is 11.3. The zero-order valence-corrected chi connectivity index (χ0v) is 23.0. The molecule has 1 aliphatic carbocycles. The molecule has 3 rings (SSSR count). The predicted molar refractivity (Wildman–Crippen MR) is 141 cm³/mol. The molecule has 1 saturated carbocycles. The Kier molecular flexibility index (Phi) is 10.2. The molecule has 2 atom stereocenters. The van der Waals surface area contributed by atoms with Crippen molar-refractivity contribution < 1.29 is 33.8 Å². The fourth-order valence-electron chi connectivity index (χ4n) is 5.03. The van der Waals surface area contributed by atoms with Crippen LogP contribution in [0.15, 0.2) is 18.2 Å². The van der Waals surface area contributed by atoms with Crippen molar-refractivity contribution in [2.24, 2.45) is 5.92 Å². The maximum absolute atomic E-state index is 13.8. The average Bonchev–Trinajstić information content (AvgIpc) is 3.34. The Balaban J connectivity index is 1.70. The Labute approximate surface area is 228 Å². The van der Waals surface area contributed by atoms with Crippen LogP contribution in [0, 0.1) is 5.92 Å². The zero-order valence-electron chi connectivity index (χ0n) is 22.3. The Bertz CT molecular complexity index is 1020. The fourth-order valence-corrected chi connectivity index (χ4v) is 5.23. The molecule has 11 heteroatoms. The molecule has 0 bridgehead atoms. The molecule has 0 aromatic heterocycles. The van der Waals surface area contributed by atoms with E-state index in [1.165, 1.54) is 0 Å². The minimum absolute atomic E-state index is 0.0199. The summed E-state index contributed by atoms with van der Waals surface area (Å²) in [6.45, 7) is 5.24. The molecule has 2 aliphatic rings. The van der Waals surface area contributed by atoms with Gasteiger partial charge in [-0.2, -0.15) is 0 Å². The van der Waals surface area contributed by atoms with Gasteiger partial charge in [-0.25, -0.2) is 9.59 Å². The predicted octanol–water partition coefficient (Wildman–Crippen LogP) is 3.88. The summed E-state index contributed by atoms with van der Waals surface area (Å²) in [6, 6.07) is 3.28. The topological polar surface area (TPSA) is 134 Å². The van der Waals surface area contributed by atoms with Crippen LogP contribution >= 0.6 is 11.6 Å². The van der Waals surface area contributed by atoms with Gasteiger partial charge in [0.15, 0.2) is 6.61 Å². The van der Waals surface area contributed by atoms with E-state index >= 15 is 0 Å². The summed E-state index contributed by atoms with van der Waals surface area (Å²) in [5.41, 5.74) is -0.178. The van der Waals surface area contributed by atoms with E-state index in [1.54, 1.807) is 43.9 Å². The highest BCUT2D eigenvalue weighted by Gasteiger charge is 2.41. The Morgan fingerprint density at radius 1 is 1.11 bits per heavy atom. The zero-order chi connectivity index (χ0) is 27.9. The average molecular weight is 552 g/mol. The minimum Gasteiger partial charge on any atom is -0.482 e. The number of amides is 3. The Morgan fingerprint density at radius 2 is 1.82 bits per heavy atom. The van der Waals surface area contributed by atoms with Crippen molar-refractivity contribution in [3.05, 3.63) is 28.8 Å². The summed E-state index contributed by atoms with van der Waals surface area (Å²) in [4.78, 5) is 52.1. The summed E-state index contributed by atoms with van der Waals surface area (Å²) >= 11 is 6.09. The van der Waals surface area contributed by atoms with Crippen LogP contribution in [0.4, 0.5) is 4.79 Å². The number of nitrogens with one attached hydrogen (secondary N) is 2. The number of carboxylic acid groups (broad SMARTS) is 1. The van der Waals surface area contributed by atoms with Crippen molar-refractivity contribution >= 4 is 35.5 Å². The Morgan fingerprint density at radius 3 is 2.47 bits per heavy atom. The molecular weight excluding hydrogens is 514 g/mol. The van der Waals surface area contributed by atoms with Crippen LogP contribution in [-0.2, 0) is 25.7 Å². The number of carbonyl (C=O) groups excluding carboxylic acids is 3. The first-order valence-corrected chi connectivity index (χ1v) is 13.5. The van der Waals surface area contributed by atoms with Crippen LogP contribution < -0.4 is 15.4 Å². The van der Waals surface area contributed by atoms with Gasteiger partial charge in [0.2, 0.25) is 11.8 Å². The lowest BCUT2D eigenvalue weighted by Crippen LogP contribution is -2.56. The van der Waals surface area contributed by atoms with Crippen molar-refractivity contribution in [3.8, 4) is 5.75 Å². The number of carbonyl (C=O) groups is 4. The summed E-state index contributed by atoms with van der Waals surface area (Å²) in [5, 5.41) is 15.0. The molecule has 1 unspecified atom stereocenters. The third-order valence-electron chi connectivity index (χ3n) is 6.72. The minimum atomic E-state index is -1.12. The number of aliphatic carboxylic acids is 1. The number of nitrogens with zero attached hydrogens (tertiary/aromatic N) is 1. The second kappa shape index (κ2) is 13.2. The van der Waals surface area contributed by atoms with Gasteiger partial charge in [-0.3, -0.25) is 9.59 Å². The van der Waals surface area contributed by atoms with Gasteiger partial charge in [-0.05, 0) is 70.6 Å². The molecule has 38 heavy (non-hydrogen) atoms. The molecule has 1 aliphatic heterocycles. The smallest absolute Gasteiger partial charge is 0.408 e. The van der Waals surface area contributed by atoms with Gasteiger partial charge in [-0.15, -0.1) is 0 Å². The molecule has 0 spiro atoms. The molecule has 3 amide bonds. The van der Waals surface area contributed by atoms with Gasteiger partial charge in [0.1, 0.15) is 23.4 Å². The van der Waals surface area contributed by atoms with Crippen LogP contribution in [0.5, 0.6) is 5.75 Å². The number of rotatable bonds is 9. The molecule has 1 aromatic rings. The first-order valence-electron chi connectivity index (χ1n) is 13.2. The molecule has 2 fully saturated rings. The monoisotopic (exact) mass is 551 g/mol. The maximum atomic E-state index is 13.8. The van der Waals surface area contributed by atoms with Gasteiger partial charge in [-0.1, -0.05) is 30.9 Å². The summed E-state index contributed by atoms with van der Waals surface area (Å²) in [6.07, 6.45) is 5.24. The number of hydrogen-bond acceptors (Lipinski definition) is 6. The molecule has 210 valence electrons. The summed E-state index contributed by atoms with van der Waals surface area (Å²) in [5.74, 6) is -1.44. The van der Waals surface area contributed by atoms with E-state index in [0.29, 0.717) is 35.7 Å². The number of likely N-dealkylation sites (tertiary alicyclic amines) is 1. The SMILES string of the molecule is CC(C)(C)OC(=O)NC(C(=O)N1CCC[C@H]1C(=O)NCc1cc(Cl)ccc1OCC(=O)O)C1CCCCC1. The summed E-state index contributed by atoms with van der Waals surface area (Å²) in [7, 11) is 0. The highest BCUT2D eigenvalue weighted by atomic mass is 35.5. The molecule has 1 heterocycles. The largest absolute Gasteiger partial charge is 0.482 e. The molecular formula is C27H38ClN3O7. The second-order valence-electron chi connectivity index (χ2n) is 10.9. The van der Waals surface area contributed by atoms with E-state index < -0.39 is 36.4 Å². The van der Waals surface area contributed by atoms with Gasteiger partial charge >= 0.3 is 12.1 Å². The third kappa shape index (κ3) is 8.51. The van der Waals surface area contributed by atoms with Gasteiger partial charge in [0.25, 0.3) is 0 Å². The first kappa shape index (κ1) is 29.5. The lowest BCUT2D eigenvalue weighted by molar-refractivity contribution is -0.141.